The lowest BCUT2D eigenvalue weighted by Gasteiger charge is -2.17. The van der Waals surface area contributed by atoms with Crippen LogP contribution in [-0.4, -0.2) is 0 Å². The maximum atomic E-state index is 9.82. The van der Waals surface area contributed by atoms with Gasteiger partial charge in [-0.25, -0.2) is 0 Å². The number of nitrogens with zero attached hydrogens (tertiary/aromatic N) is 2. The van der Waals surface area contributed by atoms with Crippen LogP contribution in [0.3, 0.4) is 0 Å². The Bertz CT molecular complexity index is 2090. The highest BCUT2D eigenvalue weighted by atomic mass is 14.3. The van der Waals surface area contributed by atoms with Crippen LogP contribution in [0.1, 0.15) is 11.1 Å². The zero-order valence-corrected chi connectivity index (χ0v) is 18.1. The van der Waals surface area contributed by atoms with E-state index in [0.717, 1.165) is 37.7 Å². The van der Waals surface area contributed by atoms with Crippen molar-refractivity contribution in [2.75, 3.05) is 0 Å². The number of benzene rings is 7. The van der Waals surface area contributed by atoms with Crippen molar-refractivity contribution in [2.45, 2.75) is 0 Å². The molecule has 0 spiro atoms. The maximum absolute atomic E-state index is 9.82. The van der Waals surface area contributed by atoms with Crippen molar-refractivity contribution in [3.8, 4) is 12.1 Å². The van der Waals surface area contributed by atoms with Crippen LogP contribution < -0.4 is 0 Å². The van der Waals surface area contributed by atoms with E-state index in [1.54, 1.807) is 0 Å². The smallest absolute Gasteiger partial charge is 0.101 e. The minimum Gasteiger partial charge on any atom is -0.192 e. The summed E-state index contributed by atoms with van der Waals surface area (Å²) in [5.74, 6) is 0. The molecule has 0 aromatic heterocycles. The minimum atomic E-state index is 0.411. The van der Waals surface area contributed by atoms with Gasteiger partial charge in [0.1, 0.15) is 12.1 Å². The molecule has 2 heteroatoms. The summed E-state index contributed by atoms with van der Waals surface area (Å²) in [4.78, 5) is 0. The monoisotopic (exact) mass is 428 g/mol. The fourth-order valence-electron chi connectivity index (χ4n) is 5.59. The summed E-state index contributed by atoms with van der Waals surface area (Å²) >= 11 is 0. The molecule has 0 atom stereocenters. The van der Waals surface area contributed by atoms with Gasteiger partial charge in [0.05, 0.1) is 11.1 Å². The molecular formula is C32H16N2. The van der Waals surface area contributed by atoms with E-state index >= 15 is 0 Å². The lowest BCUT2D eigenvalue weighted by Crippen LogP contribution is -1.91. The molecule has 0 bridgehead atoms. The van der Waals surface area contributed by atoms with Crippen molar-refractivity contribution in [3.05, 3.63) is 108 Å². The summed E-state index contributed by atoms with van der Waals surface area (Å²) < 4.78 is 0. The molecule has 2 nitrogen and oxygen atoms in total. The van der Waals surface area contributed by atoms with Crippen LogP contribution in [0.4, 0.5) is 0 Å². The Labute approximate surface area is 195 Å². The molecule has 0 aliphatic heterocycles. The molecule has 0 radical (unpaired) electrons. The summed E-state index contributed by atoms with van der Waals surface area (Å²) in [6.07, 6.45) is 0. The summed E-state index contributed by atoms with van der Waals surface area (Å²) in [6.45, 7) is 0. The molecule has 0 aliphatic carbocycles. The fourth-order valence-corrected chi connectivity index (χ4v) is 5.59. The molecular weight excluding hydrogens is 412 g/mol. The highest BCUT2D eigenvalue weighted by Gasteiger charge is 2.18. The van der Waals surface area contributed by atoms with Crippen LogP contribution >= 0.6 is 0 Å². The quantitative estimate of drug-likeness (QED) is 0.180. The van der Waals surface area contributed by atoms with Gasteiger partial charge in [0, 0.05) is 0 Å². The Hall–Kier alpha value is -4.92. The topological polar surface area (TPSA) is 47.6 Å². The van der Waals surface area contributed by atoms with E-state index in [4.69, 9.17) is 0 Å². The third-order valence-electron chi connectivity index (χ3n) is 7.05. The number of hydrogen-bond acceptors (Lipinski definition) is 2. The second-order valence-corrected chi connectivity index (χ2v) is 8.75. The summed E-state index contributed by atoms with van der Waals surface area (Å²) in [6, 6.07) is 38.2. The highest BCUT2D eigenvalue weighted by Crippen LogP contribution is 2.45. The molecule has 0 amide bonds. The van der Waals surface area contributed by atoms with E-state index in [0.29, 0.717) is 11.1 Å². The summed E-state index contributed by atoms with van der Waals surface area (Å²) in [7, 11) is 0. The van der Waals surface area contributed by atoms with Gasteiger partial charge in [-0.15, -0.1) is 0 Å². The second kappa shape index (κ2) is 6.79. The molecule has 0 N–H and O–H groups in total. The van der Waals surface area contributed by atoms with Crippen LogP contribution in [0.5, 0.6) is 0 Å². The van der Waals surface area contributed by atoms with Gasteiger partial charge in [-0.2, -0.15) is 10.5 Å². The Morgan fingerprint density at radius 2 is 0.765 bits per heavy atom. The Balaban J connectivity index is 1.93. The van der Waals surface area contributed by atoms with E-state index < -0.39 is 0 Å². The molecule has 7 aromatic rings. The SMILES string of the molecule is N#Cc1cc2c3cc4ccccc4cc3c3c4ccccc4c4ccccc4c3c2cc1C#N. The Morgan fingerprint density at radius 1 is 0.382 bits per heavy atom. The molecule has 0 heterocycles. The zero-order chi connectivity index (χ0) is 22.8. The molecule has 0 unspecified atom stereocenters. The molecule has 154 valence electrons. The van der Waals surface area contributed by atoms with E-state index in [9.17, 15) is 10.5 Å². The number of nitriles is 2. The van der Waals surface area contributed by atoms with Crippen molar-refractivity contribution < 1.29 is 0 Å². The molecule has 7 aromatic carbocycles. The van der Waals surface area contributed by atoms with Crippen molar-refractivity contribution in [3.63, 3.8) is 0 Å². The van der Waals surface area contributed by atoms with Crippen LogP contribution in [0.15, 0.2) is 97.1 Å². The van der Waals surface area contributed by atoms with Gasteiger partial charge in [-0.1, -0.05) is 72.8 Å². The third-order valence-corrected chi connectivity index (χ3v) is 7.05. The predicted octanol–water partition coefficient (Wildman–Crippen LogP) is 8.35. The Kier molecular flexibility index (Phi) is 3.72. The standard InChI is InChI=1S/C32H16N2/c33-17-21-15-28-27-13-19-7-1-2-8-20(19)14-29(27)31-25-11-5-3-9-23(25)24-10-4-6-12-26(24)32(31)30(28)16-22(21)18-34/h1-16H. The third kappa shape index (κ3) is 2.37. The molecule has 7 rings (SSSR count). The van der Waals surface area contributed by atoms with Crippen molar-refractivity contribution >= 4 is 64.6 Å². The molecule has 0 saturated carbocycles. The fraction of sp³-hybridized carbons (Fsp3) is 0. The van der Waals surface area contributed by atoms with E-state index in [1.165, 1.54) is 26.9 Å². The van der Waals surface area contributed by atoms with Gasteiger partial charge < -0.3 is 0 Å². The average molecular weight is 428 g/mol. The normalized spacial score (nSPS) is 11.5. The van der Waals surface area contributed by atoms with Crippen LogP contribution in [0, 0.1) is 22.7 Å². The summed E-state index contributed by atoms with van der Waals surface area (Å²) in [5, 5.41) is 33.3. The second-order valence-electron chi connectivity index (χ2n) is 8.75. The van der Waals surface area contributed by atoms with Gasteiger partial charge in [-0.05, 0) is 88.9 Å². The maximum Gasteiger partial charge on any atom is 0.101 e. The first-order valence-corrected chi connectivity index (χ1v) is 11.2. The number of hydrogen-bond donors (Lipinski definition) is 0. The van der Waals surface area contributed by atoms with Gasteiger partial charge in [0.25, 0.3) is 0 Å². The van der Waals surface area contributed by atoms with Gasteiger partial charge in [0.15, 0.2) is 0 Å². The Morgan fingerprint density at radius 3 is 1.29 bits per heavy atom. The van der Waals surface area contributed by atoms with Gasteiger partial charge in [-0.3, -0.25) is 0 Å². The average Bonchev–Trinajstić information content (AvgIpc) is 2.91. The van der Waals surface area contributed by atoms with Crippen molar-refractivity contribution in [1.29, 1.82) is 10.5 Å². The zero-order valence-electron chi connectivity index (χ0n) is 18.1. The van der Waals surface area contributed by atoms with Crippen molar-refractivity contribution in [2.24, 2.45) is 0 Å². The van der Waals surface area contributed by atoms with Crippen LogP contribution in [0.25, 0.3) is 64.6 Å². The molecule has 0 aliphatic rings. The number of fused-ring (bicyclic) bond motifs is 12. The number of rotatable bonds is 0. The van der Waals surface area contributed by atoms with E-state index in [2.05, 4.69) is 97.1 Å². The van der Waals surface area contributed by atoms with Crippen molar-refractivity contribution in [1.82, 2.24) is 0 Å². The van der Waals surface area contributed by atoms with E-state index in [-0.39, 0.29) is 0 Å². The molecule has 0 saturated heterocycles. The summed E-state index contributed by atoms with van der Waals surface area (Å²) in [5.41, 5.74) is 0.822. The lowest BCUT2D eigenvalue weighted by atomic mass is 9.85. The van der Waals surface area contributed by atoms with Gasteiger partial charge >= 0.3 is 0 Å². The van der Waals surface area contributed by atoms with Crippen LogP contribution in [0.2, 0.25) is 0 Å². The highest BCUT2D eigenvalue weighted by molar-refractivity contribution is 6.40. The first kappa shape index (κ1) is 18.6. The lowest BCUT2D eigenvalue weighted by molar-refractivity contribution is 1.45. The largest absolute Gasteiger partial charge is 0.192 e. The predicted molar refractivity (Wildman–Crippen MR) is 141 cm³/mol. The van der Waals surface area contributed by atoms with Gasteiger partial charge in [0.2, 0.25) is 0 Å². The van der Waals surface area contributed by atoms with Crippen LogP contribution in [-0.2, 0) is 0 Å². The first-order valence-electron chi connectivity index (χ1n) is 11.2. The minimum absolute atomic E-state index is 0.411. The molecule has 0 fully saturated rings. The van der Waals surface area contributed by atoms with E-state index in [1.807, 2.05) is 12.1 Å². The first-order chi connectivity index (χ1) is 16.8. The molecule has 34 heavy (non-hydrogen) atoms.